The van der Waals surface area contributed by atoms with Crippen molar-refractivity contribution in [2.75, 3.05) is 6.54 Å². The Bertz CT molecular complexity index is 656. The van der Waals surface area contributed by atoms with Crippen LogP contribution in [0.3, 0.4) is 0 Å². The summed E-state index contributed by atoms with van der Waals surface area (Å²) in [6.07, 6.45) is 0. The largest absolute Gasteiger partial charge is 0.329 e. The minimum Gasteiger partial charge on any atom is -0.329 e. The molecule has 0 aliphatic heterocycles. The van der Waals surface area contributed by atoms with Crippen LogP contribution < -0.4 is 5.73 Å². The van der Waals surface area contributed by atoms with Gasteiger partial charge in [0.2, 0.25) is 0 Å². The fourth-order valence-corrected chi connectivity index (χ4v) is 3.75. The van der Waals surface area contributed by atoms with Crippen molar-refractivity contribution in [2.24, 2.45) is 5.73 Å². The molecular weight excluding hydrogens is 282 g/mol. The van der Waals surface area contributed by atoms with Crippen molar-refractivity contribution in [1.29, 1.82) is 0 Å². The van der Waals surface area contributed by atoms with Gasteiger partial charge in [-0.15, -0.1) is 0 Å². The summed E-state index contributed by atoms with van der Waals surface area (Å²) in [4.78, 5) is 0.269. The molecule has 1 atom stereocenters. The minimum absolute atomic E-state index is 0.0115. The van der Waals surface area contributed by atoms with E-state index in [1.54, 1.807) is 54.6 Å². The van der Waals surface area contributed by atoms with Gasteiger partial charge in [0.1, 0.15) is 5.25 Å². The molecule has 0 aliphatic rings. The fourth-order valence-electron chi connectivity index (χ4n) is 1.92. The van der Waals surface area contributed by atoms with E-state index in [0.717, 1.165) is 0 Å². The van der Waals surface area contributed by atoms with Gasteiger partial charge < -0.3 is 5.73 Å². The summed E-state index contributed by atoms with van der Waals surface area (Å²) < 4.78 is 25.1. The zero-order chi connectivity index (χ0) is 13.9. The maximum atomic E-state index is 12.6. The topological polar surface area (TPSA) is 60.2 Å². The van der Waals surface area contributed by atoms with Crippen molar-refractivity contribution >= 4 is 21.4 Å². The lowest BCUT2D eigenvalue weighted by molar-refractivity contribution is 0.582. The summed E-state index contributed by atoms with van der Waals surface area (Å²) in [5.41, 5.74) is 6.27. The summed E-state index contributed by atoms with van der Waals surface area (Å²) in [6, 6.07) is 15.1. The molecule has 0 aliphatic carbocycles. The molecule has 0 spiro atoms. The zero-order valence-electron chi connectivity index (χ0n) is 10.2. The van der Waals surface area contributed by atoms with Crippen molar-refractivity contribution in [2.45, 2.75) is 10.1 Å². The molecule has 2 N–H and O–H groups in total. The molecule has 0 saturated heterocycles. The molecule has 100 valence electrons. The first-order chi connectivity index (χ1) is 9.05. The van der Waals surface area contributed by atoms with Gasteiger partial charge in [-0.1, -0.05) is 41.9 Å². The van der Waals surface area contributed by atoms with Crippen molar-refractivity contribution in [3.8, 4) is 0 Å². The molecule has 5 heteroatoms. The van der Waals surface area contributed by atoms with E-state index in [1.165, 1.54) is 0 Å². The molecule has 0 bridgehead atoms. The van der Waals surface area contributed by atoms with Crippen LogP contribution in [0.5, 0.6) is 0 Å². The van der Waals surface area contributed by atoms with Gasteiger partial charge in [0, 0.05) is 11.6 Å². The second-order valence-electron chi connectivity index (χ2n) is 4.14. The number of nitrogens with two attached hydrogens (primary N) is 1. The molecule has 0 heterocycles. The van der Waals surface area contributed by atoms with E-state index in [0.29, 0.717) is 10.6 Å². The molecule has 2 aromatic carbocycles. The number of sulfone groups is 1. The molecule has 19 heavy (non-hydrogen) atoms. The SMILES string of the molecule is NC[C@@H](c1cccc(Cl)c1)S(=O)(=O)c1ccccc1. The molecule has 0 amide bonds. The van der Waals surface area contributed by atoms with Crippen molar-refractivity contribution < 1.29 is 8.42 Å². The van der Waals surface area contributed by atoms with Crippen LogP contribution in [-0.4, -0.2) is 15.0 Å². The Morgan fingerprint density at radius 1 is 1.05 bits per heavy atom. The summed E-state index contributed by atoms with van der Waals surface area (Å²) in [5, 5.41) is -0.284. The van der Waals surface area contributed by atoms with Gasteiger partial charge in [0.15, 0.2) is 9.84 Å². The fraction of sp³-hybridized carbons (Fsp3) is 0.143. The zero-order valence-corrected chi connectivity index (χ0v) is 11.7. The van der Waals surface area contributed by atoms with Crippen LogP contribution in [0.2, 0.25) is 5.02 Å². The molecule has 2 rings (SSSR count). The summed E-state index contributed by atoms with van der Waals surface area (Å²) in [6.45, 7) is 0.0115. The summed E-state index contributed by atoms with van der Waals surface area (Å²) >= 11 is 5.91. The Hall–Kier alpha value is -1.36. The normalized spacial score (nSPS) is 13.2. The van der Waals surface area contributed by atoms with E-state index < -0.39 is 15.1 Å². The highest BCUT2D eigenvalue weighted by Gasteiger charge is 2.27. The third-order valence-electron chi connectivity index (χ3n) is 2.88. The Morgan fingerprint density at radius 3 is 2.32 bits per heavy atom. The lowest BCUT2D eigenvalue weighted by Crippen LogP contribution is -2.22. The van der Waals surface area contributed by atoms with E-state index in [2.05, 4.69) is 0 Å². The van der Waals surface area contributed by atoms with Gasteiger partial charge in [0.05, 0.1) is 4.90 Å². The van der Waals surface area contributed by atoms with Gasteiger partial charge >= 0.3 is 0 Å². The van der Waals surface area contributed by atoms with Crippen LogP contribution in [0.4, 0.5) is 0 Å². The average molecular weight is 296 g/mol. The smallest absolute Gasteiger partial charge is 0.186 e. The first kappa shape index (κ1) is 14.1. The molecule has 0 aromatic heterocycles. The molecule has 0 unspecified atom stereocenters. The summed E-state index contributed by atoms with van der Waals surface area (Å²) in [5.74, 6) is 0. The molecule has 3 nitrogen and oxygen atoms in total. The maximum Gasteiger partial charge on any atom is 0.186 e. The average Bonchev–Trinajstić information content (AvgIpc) is 2.40. The number of benzene rings is 2. The van der Waals surface area contributed by atoms with E-state index >= 15 is 0 Å². The van der Waals surface area contributed by atoms with Crippen LogP contribution in [0.25, 0.3) is 0 Å². The van der Waals surface area contributed by atoms with E-state index in [-0.39, 0.29) is 11.4 Å². The Morgan fingerprint density at radius 2 is 1.74 bits per heavy atom. The van der Waals surface area contributed by atoms with Crippen LogP contribution in [0, 0.1) is 0 Å². The molecular formula is C14H14ClNO2S. The van der Waals surface area contributed by atoms with E-state index in [1.807, 2.05) is 0 Å². The van der Waals surface area contributed by atoms with Crippen LogP contribution >= 0.6 is 11.6 Å². The van der Waals surface area contributed by atoms with Crippen molar-refractivity contribution in [3.05, 3.63) is 65.2 Å². The number of rotatable bonds is 4. The highest BCUT2D eigenvalue weighted by atomic mass is 35.5. The predicted octanol–water partition coefficient (Wildman–Crippen LogP) is 2.81. The lowest BCUT2D eigenvalue weighted by atomic mass is 10.1. The highest BCUT2D eigenvalue weighted by molar-refractivity contribution is 7.91. The molecule has 0 fully saturated rings. The van der Waals surface area contributed by atoms with Gasteiger partial charge in [-0.3, -0.25) is 0 Å². The summed E-state index contributed by atoms with van der Waals surface area (Å²) in [7, 11) is -3.50. The first-order valence-electron chi connectivity index (χ1n) is 5.80. The van der Waals surface area contributed by atoms with Crippen LogP contribution in [-0.2, 0) is 9.84 Å². The van der Waals surface area contributed by atoms with E-state index in [4.69, 9.17) is 17.3 Å². The monoisotopic (exact) mass is 295 g/mol. The van der Waals surface area contributed by atoms with Gasteiger partial charge in [-0.2, -0.15) is 0 Å². The standard InChI is InChI=1S/C14H14ClNO2S/c15-12-6-4-5-11(9-12)14(10-16)19(17,18)13-7-2-1-3-8-13/h1-9,14H,10,16H2/t14-/m0/s1. The number of halogens is 1. The first-order valence-corrected chi connectivity index (χ1v) is 7.72. The van der Waals surface area contributed by atoms with E-state index in [9.17, 15) is 8.42 Å². The second-order valence-corrected chi connectivity index (χ2v) is 6.70. The predicted molar refractivity (Wildman–Crippen MR) is 76.9 cm³/mol. The lowest BCUT2D eigenvalue weighted by Gasteiger charge is -2.16. The highest BCUT2D eigenvalue weighted by Crippen LogP contribution is 2.29. The van der Waals surface area contributed by atoms with Crippen molar-refractivity contribution in [1.82, 2.24) is 0 Å². The maximum absolute atomic E-state index is 12.6. The van der Waals surface area contributed by atoms with Crippen LogP contribution in [0.15, 0.2) is 59.5 Å². The molecule has 0 saturated carbocycles. The Labute approximate surface area is 117 Å². The quantitative estimate of drug-likeness (QED) is 0.943. The van der Waals surface area contributed by atoms with Gasteiger partial charge in [-0.25, -0.2) is 8.42 Å². The minimum atomic E-state index is -3.50. The number of hydrogen-bond donors (Lipinski definition) is 1. The molecule has 2 aromatic rings. The Balaban J connectivity index is 2.48. The molecule has 0 radical (unpaired) electrons. The van der Waals surface area contributed by atoms with Crippen LogP contribution in [0.1, 0.15) is 10.8 Å². The van der Waals surface area contributed by atoms with Gasteiger partial charge in [-0.05, 0) is 29.8 Å². The Kier molecular flexibility index (Phi) is 4.24. The van der Waals surface area contributed by atoms with Crippen molar-refractivity contribution in [3.63, 3.8) is 0 Å². The number of hydrogen-bond acceptors (Lipinski definition) is 3. The third kappa shape index (κ3) is 2.97. The van der Waals surface area contributed by atoms with Gasteiger partial charge in [0.25, 0.3) is 0 Å². The second kappa shape index (κ2) is 5.74. The third-order valence-corrected chi connectivity index (χ3v) is 5.26.